The van der Waals surface area contributed by atoms with Gasteiger partial charge in [0.2, 0.25) is 0 Å². The molecule has 1 unspecified atom stereocenters. The van der Waals surface area contributed by atoms with E-state index in [1.54, 1.807) is 18.6 Å². The fourth-order valence-electron chi connectivity index (χ4n) is 2.60. The minimum absolute atomic E-state index is 0.00885. The van der Waals surface area contributed by atoms with Gasteiger partial charge in [-0.1, -0.05) is 36.4 Å². The first kappa shape index (κ1) is 16.0. The van der Waals surface area contributed by atoms with Gasteiger partial charge in [0.05, 0.1) is 12.4 Å². The van der Waals surface area contributed by atoms with Crippen LogP contribution in [0.25, 0.3) is 5.69 Å². The third kappa shape index (κ3) is 3.70. The molecule has 5 heteroatoms. The summed E-state index contributed by atoms with van der Waals surface area (Å²) in [6.07, 6.45) is 5.68. The summed E-state index contributed by atoms with van der Waals surface area (Å²) in [4.78, 5) is 16.6. The highest BCUT2D eigenvalue weighted by Crippen LogP contribution is 2.18. The van der Waals surface area contributed by atoms with Crippen LogP contribution in [0.15, 0.2) is 73.3 Å². The van der Waals surface area contributed by atoms with Crippen LogP contribution in [0.4, 0.5) is 0 Å². The Balaban J connectivity index is 1.79. The maximum absolute atomic E-state index is 12.6. The van der Waals surface area contributed by atoms with Crippen molar-refractivity contribution in [2.45, 2.75) is 12.5 Å². The molecule has 1 aromatic heterocycles. The third-order valence-corrected chi connectivity index (χ3v) is 3.84. The molecule has 1 atom stereocenters. The van der Waals surface area contributed by atoms with Crippen molar-refractivity contribution >= 4 is 5.91 Å². The van der Waals surface area contributed by atoms with E-state index in [9.17, 15) is 9.90 Å². The minimum Gasteiger partial charge on any atom is -0.396 e. The van der Waals surface area contributed by atoms with E-state index < -0.39 is 0 Å². The first-order valence-corrected chi connectivity index (χ1v) is 7.83. The van der Waals surface area contributed by atoms with E-state index >= 15 is 0 Å². The molecule has 0 fully saturated rings. The van der Waals surface area contributed by atoms with E-state index in [4.69, 9.17) is 0 Å². The second-order valence-electron chi connectivity index (χ2n) is 5.47. The van der Waals surface area contributed by atoms with Crippen LogP contribution in [-0.2, 0) is 0 Å². The molecule has 0 spiro atoms. The summed E-state index contributed by atoms with van der Waals surface area (Å²) >= 11 is 0. The van der Waals surface area contributed by atoms with Gasteiger partial charge in [-0.3, -0.25) is 4.79 Å². The summed E-state index contributed by atoms with van der Waals surface area (Å²) in [5.74, 6) is -0.167. The number of carbonyl (C=O) groups excluding carboxylic acids is 1. The van der Waals surface area contributed by atoms with Crippen LogP contribution in [0.1, 0.15) is 28.4 Å². The van der Waals surface area contributed by atoms with Crippen molar-refractivity contribution in [2.24, 2.45) is 0 Å². The lowest BCUT2D eigenvalue weighted by molar-refractivity contribution is 0.0930. The zero-order valence-electron chi connectivity index (χ0n) is 13.2. The van der Waals surface area contributed by atoms with Crippen LogP contribution in [0, 0.1) is 0 Å². The summed E-state index contributed by atoms with van der Waals surface area (Å²) in [6.45, 7) is 0.00885. The molecule has 24 heavy (non-hydrogen) atoms. The maximum atomic E-state index is 12.6. The number of amides is 1. The lowest BCUT2D eigenvalue weighted by Crippen LogP contribution is -2.29. The summed E-state index contributed by atoms with van der Waals surface area (Å²) < 4.78 is 1.85. The molecule has 0 aliphatic carbocycles. The number of hydrogen-bond donors (Lipinski definition) is 2. The molecule has 0 saturated heterocycles. The van der Waals surface area contributed by atoms with Crippen LogP contribution < -0.4 is 5.32 Å². The number of nitrogens with zero attached hydrogens (tertiary/aromatic N) is 2. The molecule has 0 bridgehead atoms. The largest absolute Gasteiger partial charge is 0.396 e. The van der Waals surface area contributed by atoms with Gasteiger partial charge in [-0.2, -0.15) is 0 Å². The Bertz CT molecular complexity index is 785. The zero-order chi connectivity index (χ0) is 16.8. The van der Waals surface area contributed by atoms with Gasteiger partial charge in [-0.15, -0.1) is 0 Å². The molecule has 0 saturated carbocycles. The highest BCUT2D eigenvalue weighted by molar-refractivity contribution is 5.95. The number of rotatable bonds is 6. The SMILES string of the molecule is O=C(NC(CCO)c1ccccc1)c1cccc(-n2ccnc2)c1. The number of aliphatic hydroxyl groups excluding tert-OH is 1. The van der Waals surface area contributed by atoms with E-state index in [0.717, 1.165) is 11.3 Å². The van der Waals surface area contributed by atoms with Crippen molar-refractivity contribution in [3.05, 3.63) is 84.4 Å². The van der Waals surface area contributed by atoms with Crippen molar-refractivity contribution in [2.75, 3.05) is 6.61 Å². The Morgan fingerprint density at radius 3 is 2.71 bits per heavy atom. The number of aromatic nitrogens is 2. The molecule has 2 N–H and O–H groups in total. The number of aliphatic hydroxyl groups is 1. The fraction of sp³-hybridized carbons (Fsp3) is 0.158. The summed E-state index contributed by atoms with van der Waals surface area (Å²) in [5.41, 5.74) is 2.42. The lowest BCUT2D eigenvalue weighted by atomic mass is 10.0. The predicted molar refractivity (Wildman–Crippen MR) is 91.9 cm³/mol. The van der Waals surface area contributed by atoms with Crippen LogP contribution in [0.5, 0.6) is 0 Å². The van der Waals surface area contributed by atoms with Gasteiger partial charge in [0.25, 0.3) is 5.91 Å². The minimum atomic E-state index is -0.222. The highest BCUT2D eigenvalue weighted by atomic mass is 16.3. The van der Waals surface area contributed by atoms with Gasteiger partial charge in [0.1, 0.15) is 0 Å². The van der Waals surface area contributed by atoms with Gasteiger partial charge < -0.3 is 15.0 Å². The molecule has 5 nitrogen and oxygen atoms in total. The molecule has 2 aromatic carbocycles. The van der Waals surface area contributed by atoms with E-state index in [1.807, 2.05) is 59.3 Å². The topological polar surface area (TPSA) is 67.2 Å². The number of benzene rings is 2. The quantitative estimate of drug-likeness (QED) is 0.733. The zero-order valence-corrected chi connectivity index (χ0v) is 13.2. The van der Waals surface area contributed by atoms with Crippen molar-refractivity contribution in [1.29, 1.82) is 0 Å². The van der Waals surface area contributed by atoms with E-state index in [0.29, 0.717) is 12.0 Å². The maximum Gasteiger partial charge on any atom is 0.251 e. The third-order valence-electron chi connectivity index (χ3n) is 3.84. The van der Waals surface area contributed by atoms with Gasteiger partial charge in [0, 0.05) is 30.3 Å². The van der Waals surface area contributed by atoms with Crippen molar-refractivity contribution in [1.82, 2.24) is 14.9 Å². The number of hydrogen-bond acceptors (Lipinski definition) is 3. The summed E-state index contributed by atoms with van der Waals surface area (Å²) in [7, 11) is 0. The van der Waals surface area contributed by atoms with Crippen LogP contribution in [0.2, 0.25) is 0 Å². The first-order valence-electron chi connectivity index (χ1n) is 7.83. The summed E-state index contributed by atoms with van der Waals surface area (Å²) in [6, 6.07) is 16.8. The molecule has 1 heterocycles. The second-order valence-corrected chi connectivity index (χ2v) is 5.47. The van der Waals surface area contributed by atoms with E-state index in [2.05, 4.69) is 10.3 Å². The molecule has 3 aromatic rings. The lowest BCUT2D eigenvalue weighted by Gasteiger charge is -2.18. The van der Waals surface area contributed by atoms with Crippen LogP contribution >= 0.6 is 0 Å². The Morgan fingerprint density at radius 2 is 2.00 bits per heavy atom. The second kappa shape index (κ2) is 7.57. The molecule has 0 radical (unpaired) electrons. The van der Waals surface area contributed by atoms with Crippen LogP contribution in [-0.4, -0.2) is 27.2 Å². The Morgan fingerprint density at radius 1 is 1.17 bits per heavy atom. The standard InChI is InChI=1S/C19H19N3O2/c23-12-9-18(15-5-2-1-3-6-15)21-19(24)16-7-4-8-17(13-16)22-11-10-20-14-22/h1-8,10-11,13-14,18,23H,9,12H2,(H,21,24). The van der Waals surface area contributed by atoms with Gasteiger partial charge in [-0.25, -0.2) is 4.98 Å². The van der Waals surface area contributed by atoms with Crippen molar-refractivity contribution in [3.8, 4) is 5.69 Å². The smallest absolute Gasteiger partial charge is 0.251 e. The Hall–Kier alpha value is -2.92. The molecule has 122 valence electrons. The average molecular weight is 321 g/mol. The predicted octanol–water partition coefficient (Wildman–Crippen LogP) is 2.73. The van der Waals surface area contributed by atoms with E-state index in [-0.39, 0.29) is 18.6 Å². The molecular formula is C19H19N3O2. The molecule has 0 aliphatic heterocycles. The normalized spacial score (nSPS) is 11.9. The van der Waals surface area contributed by atoms with Crippen LogP contribution in [0.3, 0.4) is 0 Å². The monoisotopic (exact) mass is 321 g/mol. The Labute approximate surface area is 140 Å². The van der Waals surface area contributed by atoms with Gasteiger partial charge in [0.15, 0.2) is 0 Å². The summed E-state index contributed by atoms with van der Waals surface area (Å²) in [5, 5.41) is 12.3. The number of carbonyl (C=O) groups is 1. The first-order chi connectivity index (χ1) is 11.8. The molecular weight excluding hydrogens is 302 g/mol. The van der Waals surface area contributed by atoms with Gasteiger partial charge >= 0.3 is 0 Å². The van der Waals surface area contributed by atoms with Gasteiger partial charge in [-0.05, 0) is 30.2 Å². The molecule has 1 amide bonds. The Kier molecular flexibility index (Phi) is 5.03. The fourth-order valence-corrected chi connectivity index (χ4v) is 2.60. The molecule has 0 aliphatic rings. The average Bonchev–Trinajstić information content (AvgIpc) is 3.17. The number of nitrogens with one attached hydrogen (secondary N) is 1. The van der Waals surface area contributed by atoms with E-state index in [1.165, 1.54) is 0 Å². The molecule has 3 rings (SSSR count). The number of imidazole rings is 1. The van der Waals surface area contributed by atoms with Crippen molar-refractivity contribution < 1.29 is 9.90 Å². The highest BCUT2D eigenvalue weighted by Gasteiger charge is 2.15. The van der Waals surface area contributed by atoms with Crippen molar-refractivity contribution in [3.63, 3.8) is 0 Å².